The van der Waals surface area contributed by atoms with Crippen LogP contribution in [0.15, 0.2) is 0 Å². The first-order valence-electron chi connectivity index (χ1n) is 7.25. The third-order valence-corrected chi connectivity index (χ3v) is 3.55. The first-order chi connectivity index (χ1) is 9.21. The van der Waals surface area contributed by atoms with E-state index in [0.717, 1.165) is 12.8 Å². The maximum Gasteiger partial charge on any atom is 0.220 e. The maximum absolute atomic E-state index is 11.8. The SMILES string of the molecule is CCCCCCC(=O)NC1COC(CO)C(OC)C1. The Balaban J connectivity index is 2.23. The molecule has 0 bridgehead atoms. The van der Waals surface area contributed by atoms with Crippen LogP contribution in [0.4, 0.5) is 0 Å². The van der Waals surface area contributed by atoms with Crippen molar-refractivity contribution in [2.24, 2.45) is 0 Å². The predicted molar refractivity (Wildman–Crippen MR) is 72.9 cm³/mol. The zero-order valence-electron chi connectivity index (χ0n) is 12.1. The second kappa shape index (κ2) is 9.28. The third kappa shape index (κ3) is 5.89. The minimum Gasteiger partial charge on any atom is -0.394 e. The number of carbonyl (C=O) groups excluding carboxylic acids is 1. The van der Waals surface area contributed by atoms with Crippen LogP contribution in [-0.2, 0) is 14.3 Å². The number of aliphatic hydroxyl groups excluding tert-OH is 1. The van der Waals surface area contributed by atoms with E-state index >= 15 is 0 Å². The second-order valence-electron chi connectivity index (χ2n) is 5.14. The molecule has 1 aliphatic heterocycles. The van der Waals surface area contributed by atoms with E-state index in [1.807, 2.05) is 0 Å². The summed E-state index contributed by atoms with van der Waals surface area (Å²) in [5, 5.41) is 12.1. The summed E-state index contributed by atoms with van der Waals surface area (Å²) in [5.74, 6) is 0.0852. The second-order valence-corrected chi connectivity index (χ2v) is 5.14. The molecule has 0 saturated carbocycles. The van der Waals surface area contributed by atoms with E-state index in [9.17, 15) is 4.79 Å². The van der Waals surface area contributed by atoms with Crippen molar-refractivity contribution in [3.05, 3.63) is 0 Å². The number of rotatable bonds is 8. The van der Waals surface area contributed by atoms with E-state index in [1.165, 1.54) is 12.8 Å². The molecule has 0 spiro atoms. The largest absolute Gasteiger partial charge is 0.394 e. The van der Waals surface area contributed by atoms with Gasteiger partial charge in [-0.25, -0.2) is 0 Å². The van der Waals surface area contributed by atoms with Crippen molar-refractivity contribution in [2.75, 3.05) is 20.3 Å². The van der Waals surface area contributed by atoms with Crippen LogP contribution in [0.5, 0.6) is 0 Å². The van der Waals surface area contributed by atoms with Crippen LogP contribution in [0.1, 0.15) is 45.4 Å². The van der Waals surface area contributed by atoms with Crippen molar-refractivity contribution in [3.8, 4) is 0 Å². The zero-order chi connectivity index (χ0) is 14.1. The number of hydrogen-bond donors (Lipinski definition) is 2. The molecule has 5 heteroatoms. The highest BCUT2D eigenvalue weighted by atomic mass is 16.5. The zero-order valence-corrected chi connectivity index (χ0v) is 12.1. The first kappa shape index (κ1) is 16.4. The number of hydrogen-bond acceptors (Lipinski definition) is 4. The minimum atomic E-state index is -0.275. The lowest BCUT2D eigenvalue weighted by atomic mass is 10.0. The van der Waals surface area contributed by atoms with Gasteiger partial charge in [0.2, 0.25) is 5.91 Å². The van der Waals surface area contributed by atoms with Crippen LogP contribution < -0.4 is 5.32 Å². The molecule has 0 aliphatic carbocycles. The summed E-state index contributed by atoms with van der Waals surface area (Å²) in [6.07, 6.45) is 5.27. The minimum absolute atomic E-state index is 0.00794. The molecule has 3 atom stereocenters. The summed E-state index contributed by atoms with van der Waals surface area (Å²) < 4.78 is 10.8. The standard InChI is InChI=1S/C14H27NO4/c1-3-4-5-6-7-14(17)15-11-8-12(18-2)13(9-16)19-10-11/h11-13,16H,3-10H2,1-2H3,(H,15,17). The fourth-order valence-corrected chi connectivity index (χ4v) is 2.38. The van der Waals surface area contributed by atoms with Crippen molar-refractivity contribution in [1.29, 1.82) is 0 Å². The van der Waals surface area contributed by atoms with Crippen molar-refractivity contribution >= 4 is 5.91 Å². The van der Waals surface area contributed by atoms with Gasteiger partial charge in [0.05, 0.1) is 25.4 Å². The molecule has 1 fully saturated rings. The number of carbonyl (C=O) groups is 1. The van der Waals surface area contributed by atoms with E-state index in [-0.39, 0.29) is 30.8 Å². The maximum atomic E-state index is 11.8. The Bertz CT molecular complexity index is 260. The number of amides is 1. The molecular formula is C14H27NO4. The molecule has 5 nitrogen and oxygen atoms in total. The molecule has 1 heterocycles. The summed E-state index contributed by atoms with van der Waals surface area (Å²) >= 11 is 0. The molecule has 0 aromatic rings. The van der Waals surface area contributed by atoms with Crippen LogP contribution in [0, 0.1) is 0 Å². The van der Waals surface area contributed by atoms with Crippen LogP contribution in [-0.4, -0.2) is 49.6 Å². The van der Waals surface area contributed by atoms with Gasteiger partial charge in [0.15, 0.2) is 0 Å². The lowest BCUT2D eigenvalue weighted by molar-refractivity contribution is -0.133. The van der Waals surface area contributed by atoms with Gasteiger partial charge in [-0.05, 0) is 12.8 Å². The molecule has 1 aliphatic rings. The van der Waals surface area contributed by atoms with Gasteiger partial charge >= 0.3 is 0 Å². The van der Waals surface area contributed by atoms with Crippen LogP contribution in [0.25, 0.3) is 0 Å². The number of methoxy groups -OCH3 is 1. The average Bonchev–Trinajstić information content (AvgIpc) is 2.43. The fraction of sp³-hybridized carbons (Fsp3) is 0.929. The van der Waals surface area contributed by atoms with Crippen molar-refractivity contribution in [2.45, 2.75) is 63.7 Å². The molecule has 3 unspecified atom stereocenters. The Kier molecular flexibility index (Phi) is 8.02. The van der Waals surface area contributed by atoms with Gasteiger partial charge in [-0.2, -0.15) is 0 Å². The molecule has 2 N–H and O–H groups in total. The Morgan fingerprint density at radius 3 is 2.84 bits per heavy atom. The Morgan fingerprint density at radius 1 is 1.42 bits per heavy atom. The highest BCUT2D eigenvalue weighted by Gasteiger charge is 2.31. The van der Waals surface area contributed by atoms with E-state index in [2.05, 4.69) is 12.2 Å². The Labute approximate surface area is 115 Å². The normalized spacial score (nSPS) is 27.2. The molecule has 0 radical (unpaired) electrons. The average molecular weight is 273 g/mol. The molecule has 112 valence electrons. The van der Waals surface area contributed by atoms with E-state index in [1.54, 1.807) is 7.11 Å². The van der Waals surface area contributed by atoms with Gasteiger partial charge in [0, 0.05) is 13.5 Å². The van der Waals surface area contributed by atoms with Crippen molar-refractivity contribution < 1.29 is 19.4 Å². The summed E-state index contributed by atoms with van der Waals surface area (Å²) in [6.45, 7) is 2.56. The number of ether oxygens (including phenoxy) is 2. The molecular weight excluding hydrogens is 246 g/mol. The predicted octanol–water partition coefficient (Wildman–Crippen LogP) is 1.24. The van der Waals surface area contributed by atoms with Gasteiger partial charge in [-0.1, -0.05) is 26.2 Å². The van der Waals surface area contributed by atoms with Gasteiger partial charge in [-0.3, -0.25) is 4.79 Å². The van der Waals surface area contributed by atoms with Gasteiger partial charge in [0.25, 0.3) is 0 Å². The highest BCUT2D eigenvalue weighted by molar-refractivity contribution is 5.76. The van der Waals surface area contributed by atoms with Crippen LogP contribution in [0.2, 0.25) is 0 Å². The summed E-state index contributed by atoms with van der Waals surface area (Å²) in [7, 11) is 1.60. The van der Waals surface area contributed by atoms with Gasteiger partial charge in [-0.15, -0.1) is 0 Å². The smallest absolute Gasteiger partial charge is 0.220 e. The number of unbranched alkanes of at least 4 members (excludes halogenated alkanes) is 3. The molecule has 1 amide bonds. The molecule has 0 aromatic heterocycles. The highest BCUT2D eigenvalue weighted by Crippen LogP contribution is 2.17. The Hall–Kier alpha value is -0.650. The Morgan fingerprint density at radius 2 is 2.21 bits per heavy atom. The number of nitrogens with one attached hydrogen (secondary N) is 1. The lowest BCUT2D eigenvalue weighted by Crippen LogP contribution is -2.50. The van der Waals surface area contributed by atoms with E-state index in [4.69, 9.17) is 14.6 Å². The quantitative estimate of drug-likeness (QED) is 0.653. The van der Waals surface area contributed by atoms with E-state index < -0.39 is 0 Å². The summed E-state index contributed by atoms with van der Waals surface area (Å²) in [6, 6.07) is -0.00794. The van der Waals surface area contributed by atoms with Crippen LogP contribution in [0.3, 0.4) is 0 Å². The van der Waals surface area contributed by atoms with E-state index in [0.29, 0.717) is 19.4 Å². The fourth-order valence-electron chi connectivity index (χ4n) is 2.38. The lowest BCUT2D eigenvalue weighted by Gasteiger charge is -2.34. The van der Waals surface area contributed by atoms with Crippen molar-refractivity contribution in [1.82, 2.24) is 5.32 Å². The number of aliphatic hydroxyl groups is 1. The molecule has 1 saturated heterocycles. The molecule has 19 heavy (non-hydrogen) atoms. The van der Waals surface area contributed by atoms with Gasteiger partial charge < -0.3 is 19.9 Å². The molecule has 0 aromatic carbocycles. The summed E-state index contributed by atoms with van der Waals surface area (Å²) in [4.78, 5) is 11.8. The van der Waals surface area contributed by atoms with Crippen molar-refractivity contribution in [3.63, 3.8) is 0 Å². The summed E-state index contributed by atoms with van der Waals surface area (Å²) in [5.41, 5.74) is 0. The molecule has 1 rings (SSSR count). The monoisotopic (exact) mass is 273 g/mol. The first-order valence-corrected chi connectivity index (χ1v) is 7.25. The van der Waals surface area contributed by atoms with Crippen LogP contribution >= 0.6 is 0 Å². The topological polar surface area (TPSA) is 67.8 Å². The third-order valence-electron chi connectivity index (χ3n) is 3.55. The van der Waals surface area contributed by atoms with Gasteiger partial charge in [0.1, 0.15) is 6.10 Å².